The molecule has 1 aliphatic rings. The van der Waals surface area contributed by atoms with Crippen molar-refractivity contribution < 1.29 is 8.42 Å². The molecule has 1 saturated heterocycles. The second-order valence-corrected chi connectivity index (χ2v) is 8.80. The summed E-state index contributed by atoms with van der Waals surface area (Å²) in [6.07, 6.45) is 1.19. The summed E-state index contributed by atoms with van der Waals surface area (Å²) < 4.78 is 28.3. The molecule has 1 aliphatic heterocycles. The van der Waals surface area contributed by atoms with E-state index in [4.69, 9.17) is 0 Å². The van der Waals surface area contributed by atoms with Gasteiger partial charge in [-0.05, 0) is 37.6 Å². The molecule has 0 radical (unpaired) electrons. The number of benzene rings is 2. The number of nitrogens with zero attached hydrogens (tertiary/aromatic N) is 1. The van der Waals surface area contributed by atoms with Crippen molar-refractivity contribution in [3.63, 3.8) is 0 Å². The van der Waals surface area contributed by atoms with Gasteiger partial charge in [0.05, 0.1) is 4.90 Å². The van der Waals surface area contributed by atoms with Crippen molar-refractivity contribution in [2.24, 2.45) is 5.92 Å². The molecule has 2 aromatic carbocycles. The molecule has 1 fully saturated rings. The van der Waals surface area contributed by atoms with E-state index in [9.17, 15) is 8.42 Å². The molecule has 138 valence electrons. The number of hydrogen-bond donors (Lipinski definition) is 1. The van der Waals surface area contributed by atoms with E-state index in [1.807, 2.05) is 31.2 Å². The summed E-state index contributed by atoms with van der Waals surface area (Å²) in [7, 11) is -3.50. The van der Waals surface area contributed by atoms with Crippen LogP contribution in [0, 0.1) is 12.8 Å². The number of sulfonamides is 1. The van der Waals surface area contributed by atoms with Crippen molar-refractivity contribution >= 4 is 33.2 Å². The highest BCUT2D eigenvalue weighted by Crippen LogP contribution is 2.24. The summed E-state index contributed by atoms with van der Waals surface area (Å²) in [5.74, 6) is 0.692. The molecule has 1 N–H and O–H groups in total. The smallest absolute Gasteiger partial charge is 0.241 e. The molecule has 3 rings (SSSR count). The lowest BCUT2D eigenvalue weighted by atomic mass is 10.1. The predicted molar refractivity (Wildman–Crippen MR) is 106 cm³/mol. The van der Waals surface area contributed by atoms with Gasteiger partial charge in [0, 0.05) is 31.1 Å². The van der Waals surface area contributed by atoms with Crippen molar-refractivity contribution in [1.82, 2.24) is 9.62 Å². The maximum Gasteiger partial charge on any atom is 0.241 e. The Bertz CT molecular complexity index is 838. The number of halogens is 1. The average molecular weight is 383 g/mol. The molecular weight excluding hydrogens is 356 g/mol. The van der Waals surface area contributed by atoms with Gasteiger partial charge >= 0.3 is 0 Å². The zero-order valence-electron chi connectivity index (χ0n) is 15.0. The lowest BCUT2D eigenvalue weighted by Crippen LogP contribution is -2.36. The fourth-order valence-electron chi connectivity index (χ4n) is 3.69. The van der Waals surface area contributed by atoms with Gasteiger partial charge in [-0.1, -0.05) is 42.8 Å². The Morgan fingerprint density at radius 3 is 2.64 bits per heavy atom. The highest BCUT2D eigenvalue weighted by atomic mass is 35.5. The zero-order valence-corrected chi connectivity index (χ0v) is 16.7. The molecular formula is C19H27ClN2O2S. The molecule has 0 amide bonds. The topological polar surface area (TPSA) is 49.4 Å². The minimum absolute atomic E-state index is 0. The van der Waals surface area contributed by atoms with E-state index in [0.717, 1.165) is 29.4 Å². The first-order valence-corrected chi connectivity index (χ1v) is 10.1. The molecule has 4 nitrogen and oxygen atoms in total. The average Bonchev–Trinajstić information content (AvgIpc) is 2.84. The number of hydrogen-bond acceptors (Lipinski definition) is 3. The molecule has 0 bridgehead atoms. The van der Waals surface area contributed by atoms with Gasteiger partial charge < -0.3 is 0 Å². The van der Waals surface area contributed by atoms with Crippen LogP contribution >= 0.6 is 12.4 Å². The number of nitrogens with one attached hydrogen (secondary N) is 1. The highest BCUT2D eigenvalue weighted by molar-refractivity contribution is 7.89. The molecule has 1 heterocycles. The quantitative estimate of drug-likeness (QED) is 0.859. The van der Waals surface area contributed by atoms with Crippen LogP contribution in [0.2, 0.25) is 0 Å². The van der Waals surface area contributed by atoms with Crippen LogP contribution in [0.1, 0.15) is 25.8 Å². The standard InChI is InChI=1S/C19H26N2O2S.ClH/c1-14-7-8-17-5-4-6-19(18(17)12-14)24(22,23)20-9-10-21-13-15(2)11-16(21)3;/h4-8,12,15-16,20H,9-11,13H2,1-3H3;1H. The van der Waals surface area contributed by atoms with Gasteiger partial charge in [0.1, 0.15) is 0 Å². The maximum atomic E-state index is 12.7. The molecule has 2 unspecified atom stereocenters. The van der Waals surface area contributed by atoms with Crippen molar-refractivity contribution in [1.29, 1.82) is 0 Å². The minimum atomic E-state index is -3.50. The third kappa shape index (κ3) is 4.53. The van der Waals surface area contributed by atoms with Crippen LogP contribution in [0.4, 0.5) is 0 Å². The third-order valence-electron chi connectivity index (χ3n) is 4.89. The van der Waals surface area contributed by atoms with Gasteiger partial charge in [0.15, 0.2) is 0 Å². The Morgan fingerprint density at radius 1 is 1.20 bits per heavy atom. The SMILES string of the molecule is Cc1ccc2cccc(S(=O)(=O)NCCN3CC(C)CC3C)c2c1.Cl. The summed E-state index contributed by atoms with van der Waals surface area (Å²) in [6, 6.07) is 11.9. The van der Waals surface area contributed by atoms with Gasteiger partial charge in [-0.2, -0.15) is 0 Å². The van der Waals surface area contributed by atoms with Crippen molar-refractivity contribution in [3.05, 3.63) is 42.0 Å². The first-order chi connectivity index (χ1) is 11.4. The Kier molecular flexibility index (Phi) is 6.49. The van der Waals surface area contributed by atoms with Crippen LogP contribution in [0.15, 0.2) is 41.3 Å². The normalized spacial score (nSPS) is 21.4. The van der Waals surface area contributed by atoms with E-state index < -0.39 is 10.0 Å². The molecule has 0 aromatic heterocycles. The second-order valence-electron chi connectivity index (χ2n) is 7.06. The van der Waals surface area contributed by atoms with Gasteiger partial charge in [-0.15, -0.1) is 12.4 Å². The predicted octanol–water partition coefficient (Wildman–Crippen LogP) is 3.58. The van der Waals surface area contributed by atoms with E-state index in [-0.39, 0.29) is 12.4 Å². The lowest BCUT2D eigenvalue weighted by Gasteiger charge is -2.21. The summed E-state index contributed by atoms with van der Waals surface area (Å²) in [5, 5.41) is 1.73. The van der Waals surface area contributed by atoms with E-state index in [0.29, 0.717) is 23.4 Å². The van der Waals surface area contributed by atoms with Gasteiger partial charge in [0.2, 0.25) is 10.0 Å². The molecule has 0 spiro atoms. The number of aryl methyl sites for hydroxylation is 1. The second kappa shape index (κ2) is 8.04. The van der Waals surface area contributed by atoms with Crippen molar-refractivity contribution in [2.75, 3.05) is 19.6 Å². The number of fused-ring (bicyclic) bond motifs is 1. The largest absolute Gasteiger partial charge is 0.299 e. The third-order valence-corrected chi connectivity index (χ3v) is 6.41. The van der Waals surface area contributed by atoms with E-state index >= 15 is 0 Å². The zero-order chi connectivity index (χ0) is 17.3. The molecule has 0 saturated carbocycles. The fourth-order valence-corrected chi connectivity index (χ4v) is 4.93. The fraction of sp³-hybridized carbons (Fsp3) is 0.474. The van der Waals surface area contributed by atoms with Crippen LogP contribution in [-0.2, 0) is 10.0 Å². The summed E-state index contributed by atoms with van der Waals surface area (Å²) in [5.41, 5.74) is 1.06. The Hall–Kier alpha value is -1.14. The van der Waals surface area contributed by atoms with Gasteiger partial charge in [0.25, 0.3) is 0 Å². The molecule has 25 heavy (non-hydrogen) atoms. The minimum Gasteiger partial charge on any atom is -0.299 e. The van der Waals surface area contributed by atoms with Crippen molar-refractivity contribution in [3.8, 4) is 0 Å². The lowest BCUT2D eigenvalue weighted by molar-refractivity contribution is 0.270. The first-order valence-electron chi connectivity index (χ1n) is 8.60. The Labute approximate surface area is 157 Å². The van der Waals surface area contributed by atoms with Crippen molar-refractivity contribution in [2.45, 2.75) is 38.1 Å². The van der Waals surface area contributed by atoms with Gasteiger partial charge in [-0.3, -0.25) is 4.90 Å². The monoisotopic (exact) mass is 382 g/mol. The van der Waals surface area contributed by atoms with Gasteiger partial charge in [-0.25, -0.2) is 13.1 Å². The number of rotatable bonds is 5. The Balaban J connectivity index is 0.00000225. The molecule has 6 heteroatoms. The van der Waals surface area contributed by atoms with Crippen LogP contribution in [0.25, 0.3) is 10.8 Å². The molecule has 2 atom stereocenters. The highest BCUT2D eigenvalue weighted by Gasteiger charge is 2.26. The Morgan fingerprint density at radius 2 is 1.96 bits per heavy atom. The number of likely N-dealkylation sites (tertiary alicyclic amines) is 1. The molecule has 0 aliphatic carbocycles. The van der Waals surface area contributed by atoms with E-state index in [1.165, 1.54) is 6.42 Å². The molecule has 2 aromatic rings. The van der Waals surface area contributed by atoms with E-state index in [2.05, 4.69) is 23.5 Å². The summed E-state index contributed by atoms with van der Waals surface area (Å²) >= 11 is 0. The first kappa shape index (κ1) is 20.2. The summed E-state index contributed by atoms with van der Waals surface area (Å²) in [6.45, 7) is 8.70. The van der Waals surface area contributed by atoms with Crippen LogP contribution < -0.4 is 4.72 Å². The van der Waals surface area contributed by atoms with Crippen LogP contribution in [0.3, 0.4) is 0 Å². The maximum absolute atomic E-state index is 12.7. The van der Waals surface area contributed by atoms with Crippen LogP contribution in [-0.4, -0.2) is 39.0 Å². The van der Waals surface area contributed by atoms with Crippen LogP contribution in [0.5, 0.6) is 0 Å². The summed E-state index contributed by atoms with van der Waals surface area (Å²) in [4.78, 5) is 2.73. The van der Waals surface area contributed by atoms with E-state index in [1.54, 1.807) is 12.1 Å².